The Balaban J connectivity index is 2.08. The highest BCUT2D eigenvalue weighted by Crippen LogP contribution is 2.23. The number of nitrogens with zero attached hydrogens (tertiary/aromatic N) is 2. The van der Waals surface area contributed by atoms with Crippen molar-refractivity contribution >= 4 is 23.4 Å². The number of hydrogen-bond acceptors (Lipinski definition) is 4. The molecule has 1 fully saturated rings. The number of hydrogen-bond donors (Lipinski definition) is 2. The maximum Gasteiger partial charge on any atom is 0.239 e. The van der Waals surface area contributed by atoms with Crippen molar-refractivity contribution in [3.8, 4) is 0 Å². The van der Waals surface area contributed by atoms with Gasteiger partial charge in [-0.2, -0.15) is 0 Å². The predicted octanol–water partition coefficient (Wildman–Crippen LogP) is 0.358. The van der Waals surface area contributed by atoms with E-state index in [0.717, 1.165) is 5.56 Å². The molecule has 7 heteroatoms. The highest BCUT2D eigenvalue weighted by atomic mass is 35.5. The first-order valence-electron chi connectivity index (χ1n) is 7.23. The number of primary amides is 1. The quantitative estimate of drug-likeness (QED) is 0.836. The fourth-order valence-corrected chi connectivity index (χ4v) is 2.81. The van der Waals surface area contributed by atoms with E-state index in [1.54, 1.807) is 36.1 Å². The first-order chi connectivity index (χ1) is 10.4. The molecule has 1 aliphatic rings. The summed E-state index contributed by atoms with van der Waals surface area (Å²) in [5.41, 5.74) is 12.0. The molecule has 1 aromatic rings. The zero-order valence-corrected chi connectivity index (χ0v) is 13.3. The van der Waals surface area contributed by atoms with Crippen molar-refractivity contribution < 1.29 is 9.59 Å². The number of benzene rings is 1. The van der Waals surface area contributed by atoms with Gasteiger partial charge < -0.3 is 16.4 Å². The van der Waals surface area contributed by atoms with Gasteiger partial charge in [-0.15, -0.1) is 0 Å². The zero-order valence-electron chi connectivity index (χ0n) is 12.5. The third-order valence-electron chi connectivity index (χ3n) is 3.84. The van der Waals surface area contributed by atoms with Gasteiger partial charge in [0, 0.05) is 31.2 Å². The second kappa shape index (κ2) is 7.09. The maximum absolute atomic E-state index is 11.9. The Bertz CT molecular complexity index is 539. The Morgan fingerprint density at radius 1 is 1.14 bits per heavy atom. The molecule has 0 aromatic heterocycles. The van der Waals surface area contributed by atoms with Crippen LogP contribution in [0, 0.1) is 0 Å². The van der Waals surface area contributed by atoms with E-state index in [9.17, 15) is 9.59 Å². The zero-order chi connectivity index (χ0) is 16.3. The Hall–Kier alpha value is -1.63. The minimum Gasteiger partial charge on any atom is -0.368 e. The lowest BCUT2D eigenvalue weighted by atomic mass is 10.0. The first-order valence-corrected chi connectivity index (χ1v) is 7.61. The molecular formula is C15H21ClN4O2. The molecule has 2 atom stereocenters. The van der Waals surface area contributed by atoms with Gasteiger partial charge in [0.1, 0.15) is 6.04 Å². The second-order valence-electron chi connectivity index (χ2n) is 5.51. The number of amides is 2. The van der Waals surface area contributed by atoms with Crippen LogP contribution in [0.3, 0.4) is 0 Å². The van der Waals surface area contributed by atoms with Gasteiger partial charge in [0.25, 0.3) is 0 Å². The standard InChI is InChI=1S/C15H21ClN4O2/c1-10(17)15(22)20-8-6-19(7-9-20)13(14(18)21)11-2-4-12(16)5-3-11/h2-5,10,13H,6-9,17H2,1H3,(H2,18,21)/t10-,13?/m1/s1. The fraction of sp³-hybridized carbons (Fsp3) is 0.467. The molecule has 1 heterocycles. The van der Waals surface area contributed by atoms with Crippen molar-refractivity contribution in [1.82, 2.24) is 9.80 Å². The monoisotopic (exact) mass is 324 g/mol. The van der Waals surface area contributed by atoms with Gasteiger partial charge in [-0.05, 0) is 24.6 Å². The van der Waals surface area contributed by atoms with Gasteiger partial charge in [0.2, 0.25) is 11.8 Å². The topological polar surface area (TPSA) is 92.7 Å². The highest BCUT2D eigenvalue weighted by molar-refractivity contribution is 6.30. The van der Waals surface area contributed by atoms with Crippen molar-refractivity contribution in [3.63, 3.8) is 0 Å². The van der Waals surface area contributed by atoms with Crippen molar-refractivity contribution in [2.24, 2.45) is 11.5 Å². The lowest BCUT2D eigenvalue weighted by Gasteiger charge is -2.38. The van der Waals surface area contributed by atoms with Gasteiger partial charge in [-0.1, -0.05) is 23.7 Å². The van der Waals surface area contributed by atoms with Crippen LogP contribution in [0.2, 0.25) is 5.02 Å². The SMILES string of the molecule is C[C@@H](N)C(=O)N1CCN(C(C(N)=O)c2ccc(Cl)cc2)CC1. The molecule has 1 aromatic carbocycles. The van der Waals surface area contributed by atoms with Crippen LogP contribution < -0.4 is 11.5 Å². The summed E-state index contributed by atoms with van der Waals surface area (Å²) in [5, 5.41) is 0.610. The van der Waals surface area contributed by atoms with E-state index in [2.05, 4.69) is 0 Å². The predicted molar refractivity (Wildman–Crippen MR) is 85.2 cm³/mol. The summed E-state index contributed by atoms with van der Waals surface area (Å²) in [4.78, 5) is 27.5. The Labute approximate surface area is 135 Å². The molecule has 22 heavy (non-hydrogen) atoms. The lowest BCUT2D eigenvalue weighted by molar-refractivity contribution is -0.135. The van der Waals surface area contributed by atoms with Gasteiger partial charge in [-0.25, -0.2) is 0 Å². The number of carbonyl (C=O) groups is 2. The Morgan fingerprint density at radius 3 is 2.14 bits per heavy atom. The second-order valence-corrected chi connectivity index (χ2v) is 5.94. The molecule has 0 spiro atoms. The molecule has 0 aliphatic carbocycles. The molecule has 0 bridgehead atoms. The third-order valence-corrected chi connectivity index (χ3v) is 4.09. The third kappa shape index (κ3) is 3.76. The van der Waals surface area contributed by atoms with E-state index in [0.29, 0.717) is 31.2 Å². The number of carbonyl (C=O) groups excluding carboxylic acids is 2. The molecule has 4 N–H and O–H groups in total. The van der Waals surface area contributed by atoms with Crippen LogP contribution in [-0.4, -0.2) is 53.8 Å². The Kier molecular flexibility index (Phi) is 5.39. The van der Waals surface area contributed by atoms with Gasteiger partial charge in [0.15, 0.2) is 0 Å². The fourth-order valence-electron chi connectivity index (χ4n) is 2.69. The highest BCUT2D eigenvalue weighted by Gasteiger charge is 2.30. The van der Waals surface area contributed by atoms with Crippen molar-refractivity contribution in [1.29, 1.82) is 0 Å². The van der Waals surface area contributed by atoms with Crippen LogP contribution in [0.1, 0.15) is 18.5 Å². The molecule has 0 radical (unpaired) electrons. The molecular weight excluding hydrogens is 304 g/mol. The van der Waals surface area contributed by atoms with Gasteiger partial charge in [-0.3, -0.25) is 14.5 Å². The molecule has 6 nitrogen and oxygen atoms in total. The average molecular weight is 325 g/mol. The smallest absolute Gasteiger partial charge is 0.239 e. The number of nitrogens with two attached hydrogens (primary N) is 2. The normalized spacial score (nSPS) is 18.8. The number of rotatable bonds is 4. The summed E-state index contributed by atoms with van der Waals surface area (Å²) in [6.07, 6.45) is 0. The van der Waals surface area contributed by atoms with E-state index >= 15 is 0 Å². The largest absolute Gasteiger partial charge is 0.368 e. The molecule has 120 valence electrons. The molecule has 2 amide bonds. The molecule has 1 saturated heterocycles. The molecule has 1 aliphatic heterocycles. The Morgan fingerprint density at radius 2 is 1.68 bits per heavy atom. The van der Waals surface area contributed by atoms with Crippen LogP contribution in [0.4, 0.5) is 0 Å². The maximum atomic E-state index is 11.9. The van der Waals surface area contributed by atoms with Crippen molar-refractivity contribution in [3.05, 3.63) is 34.9 Å². The first kappa shape index (κ1) is 16.7. The van der Waals surface area contributed by atoms with Crippen LogP contribution >= 0.6 is 11.6 Å². The van der Waals surface area contributed by atoms with E-state index in [-0.39, 0.29) is 5.91 Å². The summed E-state index contributed by atoms with van der Waals surface area (Å²) in [6.45, 7) is 3.91. The number of halogens is 1. The molecule has 1 unspecified atom stereocenters. The molecule has 0 saturated carbocycles. The lowest BCUT2D eigenvalue weighted by Crippen LogP contribution is -2.54. The minimum absolute atomic E-state index is 0.0678. The summed E-state index contributed by atoms with van der Waals surface area (Å²) < 4.78 is 0. The summed E-state index contributed by atoms with van der Waals surface area (Å²) >= 11 is 5.88. The average Bonchev–Trinajstić information content (AvgIpc) is 2.49. The van der Waals surface area contributed by atoms with Crippen LogP contribution in [0.15, 0.2) is 24.3 Å². The summed E-state index contributed by atoms with van der Waals surface area (Å²) in [5.74, 6) is -0.476. The van der Waals surface area contributed by atoms with Crippen LogP contribution in [0.5, 0.6) is 0 Å². The summed E-state index contributed by atoms with van der Waals surface area (Å²) in [7, 11) is 0. The van der Waals surface area contributed by atoms with Gasteiger partial charge in [0.05, 0.1) is 6.04 Å². The van der Waals surface area contributed by atoms with Crippen molar-refractivity contribution in [2.75, 3.05) is 26.2 Å². The minimum atomic E-state index is -0.509. The number of piperazine rings is 1. The molecule has 2 rings (SSSR count). The van der Waals surface area contributed by atoms with E-state index in [1.165, 1.54) is 0 Å². The van der Waals surface area contributed by atoms with Crippen LogP contribution in [0.25, 0.3) is 0 Å². The summed E-state index contributed by atoms with van der Waals surface area (Å²) in [6, 6.07) is 6.07. The van der Waals surface area contributed by atoms with E-state index in [1.807, 2.05) is 4.90 Å². The van der Waals surface area contributed by atoms with E-state index in [4.69, 9.17) is 23.1 Å². The van der Waals surface area contributed by atoms with E-state index < -0.39 is 18.0 Å². The van der Waals surface area contributed by atoms with Gasteiger partial charge >= 0.3 is 0 Å². The van der Waals surface area contributed by atoms with Crippen molar-refractivity contribution in [2.45, 2.75) is 19.0 Å². The van der Waals surface area contributed by atoms with Crippen LogP contribution in [-0.2, 0) is 9.59 Å².